The van der Waals surface area contributed by atoms with E-state index in [9.17, 15) is 9.59 Å². The Balaban J connectivity index is 2.02. The second-order valence-electron chi connectivity index (χ2n) is 5.22. The minimum absolute atomic E-state index is 0.00498. The van der Waals surface area contributed by atoms with Crippen molar-refractivity contribution in [2.24, 2.45) is 0 Å². The molecular weight excluding hydrogens is 254 g/mol. The van der Waals surface area contributed by atoms with Crippen LogP contribution in [-0.4, -0.2) is 24.3 Å². The molecule has 0 saturated heterocycles. The average molecular weight is 275 g/mol. The molecule has 0 saturated carbocycles. The summed E-state index contributed by atoms with van der Waals surface area (Å²) in [4.78, 5) is 23.5. The third kappa shape index (κ3) is 3.38. The maximum Gasteiger partial charge on any atom is 0.258 e. The van der Waals surface area contributed by atoms with Gasteiger partial charge in [0.15, 0.2) is 12.4 Å². The van der Waals surface area contributed by atoms with Crippen LogP contribution < -0.4 is 10.1 Å². The molecule has 20 heavy (non-hydrogen) atoms. The summed E-state index contributed by atoms with van der Waals surface area (Å²) in [7, 11) is 0. The molecule has 0 heterocycles. The largest absolute Gasteiger partial charge is 0.483 e. The van der Waals surface area contributed by atoms with Crippen LogP contribution in [0.25, 0.3) is 0 Å². The summed E-state index contributed by atoms with van der Waals surface area (Å²) in [5.74, 6) is 0.703. The molecule has 0 fully saturated rings. The Bertz CT molecular complexity index is 510. The number of fused-ring (bicyclic) bond motifs is 1. The van der Waals surface area contributed by atoms with Crippen molar-refractivity contribution in [2.45, 2.75) is 45.6 Å². The van der Waals surface area contributed by atoms with Gasteiger partial charge in [0, 0.05) is 23.6 Å². The highest BCUT2D eigenvalue weighted by Gasteiger charge is 2.20. The lowest BCUT2D eigenvalue weighted by Crippen LogP contribution is -2.35. The first-order valence-corrected chi connectivity index (χ1v) is 7.19. The van der Waals surface area contributed by atoms with Gasteiger partial charge in [-0.05, 0) is 32.3 Å². The Hall–Kier alpha value is -1.84. The predicted octanol–water partition coefficient (Wildman–Crippen LogP) is 2.50. The van der Waals surface area contributed by atoms with Gasteiger partial charge < -0.3 is 10.1 Å². The van der Waals surface area contributed by atoms with Crippen LogP contribution in [0.3, 0.4) is 0 Å². The van der Waals surface area contributed by atoms with Gasteiger partial charge >= 0.3 is 0 Å². The van der Waals surface area contributed by atoms with Crippen molar-refractivity contribution < 1.29 is 14.3 Å². The standard InChI is InChI=1S/C16H21NO3/c1-3-11(2)17-16(19)10-20-15-9-5-6-12-13(15)7-4-8-14(12)18/h5-6,9,11H,3-4,7-8,10H2,1-2H3,(H,17,19). The number of Topliss-reactive ketones (excluding diaryl/α,β-unsaturated/α-hetero) is 1. The number of nitrogens with one attached hydrogen (secondary N) is 1. The van der Waals surface area contributed by atoms with E-state index in [4.69, 9.17) is 4.74 Å². The van der Waals surface area contributed by atoms with Crippen LogP contribution in [-0.2, 0) is 11.2 Å². The minimum atomic E-state index is -0.126. The molecule has 2 rings (SSSR count). The van der Waals surface area contributed by atoms with Gasteiger partial charge in [-0.1, -0.05) is 19.1 Å². The smallest absolute Gasteiger partial charge is 0.258 e. The molecule has 1 unspecified atom stereocenters. The number of benzene rings is 1. The van der Waals surface area contributed by atoms with Crippen LogP contribution >= 0.6 is 0 Å². The zero-order valence-corrected chi connectivity index (χ0v) is 12.1. The molecule has 0 bridgehead atoms. The molecule has 0 aliphatic heterocycles. The zero-order chi connectivity index (χ0) is 14.5. The number of carbonyl (C=O) groups excluding carboxylic acids is 2. The van der Waals surface area contributed by atoms with Crippen LogP contribution in [0, 0.1) is 0 Å². The van der Waals surface area contributed by atoms with Crippen molar-refractivity contribution in [3.63, 3.8) is 0 Å². The van der Waals surface area contributed by atoms with Crippen molar-refractivity contribution in [2.75, 3.05) is 6.61 Å². The third-order valence-electron chi connectivity index (χ3n) is 3.64. The predicted molar refractivity (Wildman–Crippen MR) is 77.1 cm³/mol. The second-order valence-corrected chi connectivity index (χ2v) is 5.22. The molecule has 4 heteroatoms. The first-order chi connectivity index (χ1) is 9.61. The van der Waals surface area contributed by atoms with Crippen LogP contribution in [0.15, 0.2) is 18.2 Å². The Morgan fingerprint density at radius 1 is 1.40 bits per heavy atom. The topological polar surface area (TPSA) is 55.4 Å². The zero-order valence-electron chi connectivity index (χ0n) is 12.1. The van der Waals surface area contributed by atoms with Crippen LogP contribution in [0.4, 0.5) is 0 Å². The van der Waals surface area contributed by atoms with E-state index in [1.165, 1.54) is 0 Å². The van der Waals surface area contributed by atoms with E-state index < -0.39 is 0 Å². The number of ketones is 1. The van der Waals surface area contributed by atoms with E-state index in [0.29, 0.717) is 12.2 Å². The Labute approximate surface area is 119 Å². The van der Waals surface area contributed by atoms with Crippen molar-refractivity contribution in [3.8, 4) is 5.75 Å². The molecule has 1 N–H and O–H groups in total. The summed E-state index contributed by atoms with van der Waals surface area (Å²) in [5, 5.41) is 2.86. The fourth-order valence-corrected chi connectivity index (χ4v) is 2.34. The van der Waals surface area contributed by atoms with Gasteiger partial charge in [-0.15, -0.1) is 0 Å². The second kappa shape index (κ2) is 6.55. The van der Waals surface area contributed by atoms with Gasteiger partial charge in [0.05, 0.1) is 0 Å². The van der Waals surface area contributed by atoms with Gasteiger partial charge in [0.1, 0.15) is 5.75 Å². The Morgan fingerprint density at radius 2 is 2.20 bits per heavy atom. The number of amides is 1. The van der Waals surface area contributed by atoms with Gasteiger partial charge in [0.2, 0.25) is 0 Å². The van der Waals surface area contributed by atoms with E-state index in [1.807, 2.05) is 32.0 Å². The summed E-state index contributed by atoms with van der Waals surface area (Å²) < 4.78 is 5.60. The molecule has 1 aliphatic carbocycles. The molecule has 1 aromatic carbocycles. The molecule has 0 spiro atoms. The van der Waals surface area contributed by atoms with E-state index >= 15 is 0 Å². The summed E-state index contributed by atoms with van der Waals surface area (Å²) >= 11 is 0. The average Bonchev–Trinajstić information content (AvgIpc) is 2.45. The van der Waals surface area contributed by atoms with Crippen LogP contribution in [0.2, 0.25) is 0 Å². The molecule has 4 nitrogen and oxygen atoms in total. The Morgan fingerprint density at radius 3 is 2.95 bits per heavy atom. The maximum atomic E-state index is 11.8. The summed E-state index contributed by atoms with van der Waals surface area (Å²) in [6.07, 6.45) is 3.18. The van der Waals surface area contributed by atoms with Crippen molar-refractivity contribution >= 4 is 11.7 Å². The minimum Gasteiger partial charge on any atom is -0.483 e. The molecule has 0 radical (unpaired) electrons. The fourth-order valence-electron chi connectivity index (χ4n) is 2.34. The monoisotopic (exact) mass is 275 g/mol. The van der Waals surface area contributed by atoms with Crippen molar-refractivity contribution in [1.29, 1.82) is 0 Å². The third-order valence-corrected chi connectivity index (χ3v) is 3.64. The molecule has 0 aromatic heterocycles. The lowest BCUT2D eigenvalue weighted by Gasteiger charge is -2.19. The highest BCUT2D eigenvalue weighted by molar-refractivity contribution is 5.99. The Kier molecular flexibility index (Phi) is 4.77. The normalized spacial score (nSPS) is 15.4. The lowest BCUT2D eigenvalue weighted by atomic mass is 9.90. The molecule has 1 amide bonds. The number of hydrogen-bond acceptors (Lipinski definition) is 3. The van der Waals surface area contributed by atoms with Gasteiger partial charge in [-0.3, -0.25) is 9.59 Å². The van der Waals surface area contributed by atoms with E-state index in [-0.39, 0.29) is 24.3 Å². The molecule has 1 atom stereocenters. The molecular formula is C16H21NO3. The quantitative estimate of drug-likeness (QED) is 0.898. The van der Waals surface area contributed by atoms with E-state index in [1.54, 1.807) is 0 Å². The van der Waals surface area contributed by atoms with Gasteiger partial charge in [-0.2, -0.15) is 0 Å². The van der Waals surface area contributed by atoms with Gasteiger partial charge in [-0.25, -0.2) is 0 Å². The number of rotatable bonds is 5. The van der Waals surface area contributed by atoms with Crippen molar-refractivity contribution in [1.82, 2.24) is 5.32 Å². The summed E-state index contributed by atoms with van der Waals surface area (Å²) in [6.45, 7) is 3.97. The molecule has 108 valence electrons. The van der Waals surface area contributed by atoms with E-state index in [0.717, 1.165) is 30.4 Å². The summed E-state index contributed by atoms with van der Waals surface area (Å²) in [5.41, 5.74) is 1.69. The first kappa shape index (κ1) is 14.6. The number of ether oxygens (including phenoxy) is 1. The fraction of sp³-hybridized carbons (Fsp3) is 0.500. The maximum absolute atomic E-state index is 11.8. The van der Waals surface area contributed by atoms with Gasteiger partial charge in [0.25, 0.3) is 5.91 Å². The first-order valence-electron chi connectivity index (χ1n) is 7.19. The van der Waals surface area contributed by atoms with E-state index in [2.05, 4.69) is 5.32 Å². The molecule has 1 aliphatic rings. The van der Waals surface area contributed by atoms with Crippen molar-refractivity contribution in [3.05, 3.63) is 29.3 Å². The highest BCUT2D eigenvalue weighted by atomic mass is 16.5. The van der Waals surface area contributed by atoms with Crippen LogP contribution in [0.1, 0.15) is 49.0 Å². The SMILES string of the molecule is CCC(C)NC(=O)COc1cccc2c1CCCC2=O. The molecule has 1 aromatic rings. The summed E-state index contributed by atoms with van der Waals surface area (Å²) in [6, 6.07) is 5.62. The lowest BCUT2D eigenvalue weighted by molar-refractivity contribution is -0.123. The number of hydrogen-bond donors (Lipinski definition) is 1. The highest BCUT2D eigenvalue weighted by Crippen LogP contribution is 2.29. The van der Waals surface area contributed by atoms with Crippen LogP contribution in [0.5, 0.6) is 5.75 Å². The number of carbonyl (C=O) groups is 2.